The summed E-state index contributed by atoms with van der Waals surface area (Å²) in [7, 11) is 0. The van der Waals surface area contributed by atoms with Crippen LogP contribution >= 0.6 is 0 Å². The smallest absolute Gasteiger partial charge is 0.407 e. The Morgan fingerprint density at radius 2 is 1.71 bits per heavy atom. The summed E-state index contributed by atoms with van der Waals surface area (Å²) in [5.41, 5.74) is 1.80. The summed E-state index contributed by atoms with van der Waals surface area (Å²) < 4.78 is 5.49. The van der Waals surface area contributed by atoms with E-state index in [2.05, 4.69) is 17.6 Å². The van der Waals surface area contributed by atoms with Crippen LogP contribution in [-0.2, 0) is 16.1 Å². The maximum atomic E-state index is 12.7. The van der Waals surface area contributed by atoms with Crippen molar-refractivity contribution < 1.29 is 14.3 Å². The largest absolute Gasteiger partial charge is 0.445 e. The first-order chi connectivity index (χ1) is 15.0. The van der Waals surface area contributed by atoms with Crippen molar-refractivity contribution in [2.45, 2.75) is 45.8 Å². The van der Waals surface area contributed by atoms with Crippen LogP contribution < -0.4 is 10.6 Å². The van der Waals surface area contributed by atoms with E-state index in [1.54, 1.807) is 0 Å². The lowest BCUT2D eigenvalue weighted by molar-refractivity contribution is -0.125. The van der Waals surface area contributed by atoms with E-state index in [0.29, 0.717) is 5.92 Å². The molecule has 2 N–H and O–H groups in total. The molecule has 2 aromatic carbocycles. The number of ether oxygens (including phenoxy) is 1. The summed E-state index contributed by atoms with van der Waals surface area (Å²) in [6, 6.07) is 19.4. The van der Waals surface area contributed by atoms with Gasteiger partial charge in [-0.2, -0.15) is 0 Å². The highest BCUT2D eigenvalue weighted by Crippen LogP contribution is 2.63. The molecule has 2 amide bonds. The van der Waals surface area contributed by atoms with Crippen molar-refractivity contribution in [3.63, 3.8) is 0 Å². The third kappa shape index (κ3) is 5.27. The van der Waals surface area contributed by atoms with Gasteiger partial charge in [0.05, 0.1) is 6.04 Å². The second kappa shape index (κ2) is 9.13. The molecule has 0 heterocycles. The van der Waals surface area contributed by atoms with Gasteiger partial charge in [-0.1, -0.05) is 74.5 Å². The number of benzene rings is 2. The third-order valence-electron chi connectivity index (χ3n) is 6.89. The summed E-state index contributed by atoms with van der Waals surface area (Å²) in [6.07, 6.45) is 2.90. The fraction of sp³-hybridized carbons (Fsp3) is 0.462. The van der Waals surface area contributed by atoms with E-state index >= 15 is 0 Å². The number of amides is 2. The molecule has 0 bridgehead atoms. The molecule has 2 aliphatic rings. The number of rotatable bonds is 9. The highest BCUT2D eigenvalue weighted by molar-refractivity contribution is 5.79. The fourth-order valence-electron chi connectivity index (χ4n) is 4.56. The van der Waals surface area contributed by atoms with Crippen LogP contribution in [0.3, 0.4) is 0 Å². The van der Waals surface area contributed by atoms with Gasteiger partial charge in [-0.15, -0.1) is 0 Å². The summed E-state index contributed by atoms with van der Waals surface area (Å²) in [5, 5.41) is 6.21. The van der Waals surface area contributed by atoms with E-state index in [1.807, 2.05) is 67.6 Å². The van der Waals surface area contributed by atoms with Gasteiger partial charge in [0.25, 0.3) is 0 Å². The van der Waals surface area contributed by atoms with E-state index in [9.17, 15) is 9.59 Å². The van der Waals surface area contributed by atoms with Crippen LogP contribution in [0.5, 0.6) is 0 Å². The number of carbonyl (C=O) groups excluding carboxylic acids is 2. The average molecular weight is 421 g/mol. The quantitative estimate of drug-likeness (QED) is 0.610. The maximum absolute atomic E-state index is 12.7. The molecule has 5 heteroatoms. The van der Waals surface area contributed by atoms with Gasteiger partial charge in [-0.25, -0.2) is 4.79 Å². The Morgan fingerprint density at radius 3 is 2.35 bits per heavy atom. The summed E-state index contributed by atoms with van der Waals surface area (Å²) in [5.74, 6) is 0.919. The van der Waals surface area contributed by atoms with Gasteiger partial charge >= 0.3 is 6.09 Å². The highest BCUT2D eigenvalue weighted by atomic mass is 16.5. The predicted octanol–water partition coefficient (Wildman–Crippen LogP) is 4.84. The standard InChI is InChI=1S/C26H32N2O3/c1-18(24(29)27-16-19-13-14-19)22-15-26(22,2)23(21-11-7-4-8-12-21)28-25(30)31-17-20-9-5-3-6-10-20/h3-12,18-19,22-23H,13-17H2,1-2H3,(H,27,29)(H,28,30)/t18-,22-,23-,26+/m1/s1. The molecule has 0 aliphatic heterocycles. The first-order valence-electron chi connectivity index (χ1n) is 11.3. The SMILES string of the molecule is C[C@@H](C(=O)NCC1CC1)[C@H]1C[C@]1(C)[C@H](NC(=O)OCc1ccccc1)c1ccccc1. The van der Waals surface area contributed by atoms with Gasteiger partial charge < -0.3 is 15.4 Å². The molecule has 2 aromatic rings. The van der Waals surface area contributed by atoms with E-state index in [0.717, 1.165) is 24.1 Å². The zero-order valence-corrected chi connectivity index (χ0v) is 18.3. The molecule has 2 fully saturated rings. The topological polar surface area (TPSA) is 67.4 Å². The number of carbonyl (C=O) groups is 2. The Balaban J connectivity index is 1.41. The van der Waals surface area contributed by atoms with Crippen molar-refractivity contribution in [2.24, 2.45) is 23.2 Å². The molecule has 164 valence electrons. The normalized spacial score (nSPS) is 24.0. The molecule has 5 nitrogen and oxygen atoms in total. The van der Waals surface area contributed by atoms with E-state index in [4.69, 9.17) is 4.74 Å². The van der Waals surface area contributed by atoms with E-state index in [1.165, 1.54) is 12.8 Å². The number of alkyl carbamates (subject to hydrolysis) is 1. The zero-order valence-electron chi connectivity index (χ0n) is 18.3. The molecule has 0 saturated heterocycles. The Morgan fingerprint density at radius 1 is 1.06 bits per heavy atom. The molecule has 2 aliphatic carbocycles. The molecular formula is C26H32N2O3. The predicted molar refractivity (Wildman–Crippen MR) is 120 cm³/mol. The lowest BCUT2D eigenvalue weighted by Crippen LogP contribution is -2.37. The minimum atomic E-state index is -0.435. The van der Waals surface area contributed by atoms with Crippen LogP contribution in [0.1, 0.15) is 50.3 Å². The Bertz CT molecular complexity index is 897. The van der Waals surface area contributed by atoms with Crippen LogP contribution in [0, 0.1) is 23.2 Å². The van der Waals surface area contributed by atoms with Crippen LogP contribution in [0.15, 0.2) is 60.7 Å². The molecule has 2 saturated carbocycles. The van der Waals surface area contributed by atoms with Crippen LogP contribution in [0.25, 0.3) is 0 Å². The summed E-state index contributed by atoms with van der Waals surface area (Å²) >= 11 is 0. The van der Waals surface area contributed by atoms with Gasteiger partial charge in [0.15, 0.2) is 0 Å². The molecule has 0 spiro atoms. The van der Waals surface area contributed by atoms with Crippen molar-refractivity contribution in [1.82, 2.24) is 10.6 Å². The monoisotopic (exact) mass is 420 g/mol. The van der Waals surface area contributed by atoms with Gasteiger partial charge in [-0.3, -0.25) is 4.79 Å². The van der Waals surface area contributed by atoms with Crippen molar-refractivity contribution >= 4 is 12.0 Å². The fourth-order valence-corrected chi connectivity index (χ4v) is 4.56. The van der Waals surface area contributed by atoms with Gasteiger partial charge in [0.1, 0.15) is 6.61 Å². The second-order valence-electron chi connectivity index (χ2n) is 9.34. The first-order valence-corrected chi connectivity index (χ1v) is 11.3. The van der Waals surface area contributed by atoms with Crippen molar-refractivity contribution in [1.29, 1.82) is 0 Å². The molecular weight excluding hydrogens is 388 g/mol. The van der Waals surface area contributed by atoms with Crippen molar-refractivity contribution in [3.05, 3.63) is 71.8 Å². The minimum Gasteiger partial charge on any atom is -0.445 e. The third-order valence-corrected chi connectivity index (χ3v) is 6.89. The van der Waals surface area contributed by atoms with Crippen LogP contribution in [-0.4, -0.2) is 18.5 Å². The molecule has 0 unspecified atom stereocenters. The van der Waals surface area contributed by atoms with E-state index in [-0.39, 0.29) is 35.8 Å². The molecule has 0 aromatic heterocycles. The highest BCUT2D eigenvalue weighted by Gasteiger charge is 2.59. The number of hydrogen-bond donors (Lipinski definition) is 2. The molecule has 4 atom stereocenters. The Hall–Kier alpha value is -2.82. The van der Waals surface area contributed by atoms with Crippen molar-refractivity contribution in [2.75, 3.05) is 6.54 Å². The van der Waals surface area contributed by atoms with E-state index < -0.39 is 6.09 Å². The lowest BCUT2D eigenvalue weighted by Gasteiger charge is -2.28. The Labute approximate surface area is 184 Å². The molecule has 31 heavy (non-hydrogen) atoms. The van der Waals surface area contributed by atoms with Gasteiger partial charge in [0, 0.05) is 12.5 Å². The Kier molecular flexibility index (Phi) is 6.30. The summed E-state index contributed by atoms with van der Waals surface area (Å²) in [4.78, 5) is 25.3. The first kappa shape index (κ1) is 21.4. The average Bonchev–Trinajstić information content (AvgIpc) is 3.72. The number of hydrogen-bond acceptors (Lipinski definition) is 3. The van der Waals surface area contributed by atoms with Crippen molar-refractivity contribution in [3.8, 4) is 0 Å². The van der Waals surface area contributed by atoms with Gasteiger partial charge in [0.2, 0.25) is 5.91 Å². The molecule has 4 rings (SSSR count). The molecule has 0 radical (unpaired) electrons. The maximum Gasteiger partial charge on any atom is 0.407 e. The minimum absolute atomic E-state index is 0.0860. The lowest BCUT2D eigenvalue weighted by atomic mass is 9.86. The van der Waals surface area contributed by atoms with Crippen LogP contribution in [0.4, 0.5) is 4.79 Å². The second-order valence-corrected chi connectivity index (χ2v) is 9.34. The van der Waals surface area contributed by atoms with Gasteiger partial charge in [-0.05, 0) is 47.6 Å². The zero-order chi connectivity index (χ0) is 21.8. The van der Waals surface area contributed by atoms with Crippen LogP contribution in [0.2, 0.25) is 0 Å². The summed E-state index contributed by atoms with van der Waals surface area (Å²) in [6.45, 7) is 5.19. The number of nitrogens with one attached hydrogen (secondary N) is 2.